The summed E-state index contributed by atoms with van der Waals surface area (Å²) in [5, 5.41) is 4.78. The van der Waals surface area contributed by atoms with Gasteiger partial charge in [0.15, 0.2) is 18.3 Å². The third kappa shape index (κ3) is 7.24. The Bertz CT molecular complexity index is 810. The molecule has 1 aromatic carbocycles. The van der Waals surface area contributed by atoms with Gasteiger partial charge in [-0.15, -0.1) is 11.3 Å². The molecule has 10 heteroatoms. The van der Waals surface area contributed by atoms with E-state index in [4.69, 9.17) is 25.8 Å². The average molecular weight is 413 g/mol. The highest BCUT2D eigenvalue weighted by Gasteiger charge is 2.13. The minimum atomic E-state index is -0.716. The van der Waals surface area contributed by atoms with Gasteiger partial charge >= 0.3 is 11.9 Å². The van der Waals surface area contributed by atoms with Crippen molar-refractivity contribution >= 4 is 45.9 Å². The number of carbonyl (C=O) groups is 3. The van der Waals surface area contributed by atoms with Gasteiger partial charge in [-0.3, -0.25) is 14.9 Å². The van der Waals surface area contributed by atoms with E-state index in [1.807, 2.05) is 0 Å². The van der Waals surface area contributed by atoms with Crippen molar-refractivity contribution in [3.05, 3.63) is 40.4 Å². The molecule has 2 aromatic rings. The molecule has 8 nitrogen and oxygen atoms in total. The van der Waals surface area contributed by atoms with Crippen molar-refractivity contribution < 1.29 is 28.6 Å². The molecule has 27 heavy (non-hydrogen) atoms. The zero-order chi connectivity index (χ0) is 19.6. The molecule has 0 atom stereocenters. The smallest absolute Gasteiger partial charge is 0.344 e. The van der Waals surface area contributed by atoms with Crippen LogP contribution < -0.4 is 10.1 Å². The van der Waals surface area contributed by atoms with Crippen LogP contribution in [0, 0.1) is 0 Å². The average Bonchev–Trinajstić information content (AvgIpc) is 3.06. The first kappa shape index (κ1) is 20.7. The van der Waals surface area contributed by atoms with Gasteiger partial charge in [-0.05, 0) is 19.1 Å². The van der Waals surface area contributed by atoms with Crippen LogP contribution in [0.15, 0.2) is 29.6 Å². The maximum Gasteiger partial charge on any atom is 0.344 e. The van der Waals surface area contributed by atoms with Crippen molar-refractivity contribution in [2.24, 2.45) is 0 Å². The van der Waals surface area contributed by atoms with E-state index in [2.05, 4.69) is 10.3 Å². The van der Waals surface area contributed by atoms with Gasteiger partial charge in [0.05, 0.1) is 23.7 Å². The predicted octanol–water partition coefficient (Wildman–Crippen LogP) is 2.46. The molecule has 0 saturated heterocycles. The molecule has 144 valence electrons. The second kappa shape index (κ2) is 10.5. The molecule has 1 heterocycles. The number of benzene rings is 1. The van der Waals surface area contributed by atoms with Gasteiger partial charge in [0.25, 0.3) is 5.91 Å². The number of hydrogen-bond donors (Lipinski definition) is 1. The summed E-state index contributed by atoms with van der Waals surface area (Å²) in [5.74, 6) is -1.32. The SMILES string of the molecule is CCOC(=O)Cc1csc(NC(=O)COC(=O)COc2ccccc2Cl)n1. The van der Waals surface area contributed by atoms with E-state index >= 15 is 0 Å². The fourth-order valence-corrected chi connectivity index (χ4v) is 2.76. The lowest BCUT2D eigenvalue weighted by Gasteiger charge is -2.07. The van der Waals surface area contributed by atoms with Crippen LogP contribution in [0.3, 0.4) is 0 Å². The van der Waals surface area contributed by atoms with Gasteiger partial charge in [-0.2, -0.15) is 0 Å². The minimum absolute atomic E-state index is 0.0224. The number of para-hydroxylation sites is 1. The predicted molar refractivity (Wildman–Crippen MR) is 99.0 cm³/mol. The van der Waals surface area contributed by atoms with Gasteiger partial charge in [0.2, 0.25) is 0 Å². The second-order valence-corrected chi connectivity index (χ2v) is 6.32. The van der Waals surface area contributed by atoms with Crippen molar-refractivity contribution in [1.82, 2.24) is 4.98 Å². The number of rotatable bonds is 9. The summed E-state index contributed by atoms with van der Waals surface area (Å²) in [6.45, 7) is 1.14. The number of carbonyl (C=O) groups excluding carboxylic acids is 3. The first-order valence-corrected chi connectivity index (χ1v) is 9.16. The standard InChI is InChI=1S/C17H17ClN2O6S/c1-2-24-15(22)7-11-10-27-17(19-11)20-14(21)8-26-16(23)9-25-13-6-4-3-5-12(13)18/h3-6,10H,2,7-9H2,1H3,(H,19,20,21). The zero-order valence-electron chi connectivity index (χ0n) is 14.4. The highest BCUT2D eigenvalue weighted by molar-refractivity contribution is 7.13. The number of anilines is 1. The van der Waals surface area contributed by atoms with E-state index in [9.17, 15) is 14.4 Å². The number of nitrogens with one attached hydrogen (secondary N) is 1. The van der Waals surface area contributed by atoms with E-state index < -0.39 is 24.5 Å². The first-order valence-electron chi connectivity index (χ1n) is 7.90. The molecule has 0 aliphatic rings. The molecule has 1 amide bonds. The van der Waals surface area contributed by atoms with E-state index in [-0.39, 0.29) is 19.6 Å². The van der Waals surface area contributed by atoms with Crippen molar-refractivity contribution in [3.8, 4) is 5.75 Å². The number of amides is 1. The number of nitrogens with zero attached hydrogens (tertiary/aromatic N) is 1. The van der Waals surface area contributed by atoms with Gasteiger partial charge in [-0.1, -0.05) is 23.7 Å². The van der Waals surface area contributed by atoms with Crippen molar-refractivity contribution in [2.45, 2.75) is 13.3 Å². The van der Waals surface area contributed by atoms with Crippen LogP contribution >= 0.6 is 22.9 Å². The lowest BCUT2D eigenvalue weighted by molar-refractivity contribution is -0.149. The fraction of sp³-hybridized carbons (Fsp3) is 0.294. The van der Waals surface area contributed by atoms with Crippen molar-refractivity contribution in [2.75, 3.05) is 25.1 Å². The Morgan fingerprint density at radius 1 is 1.15 bits per heavy atom. The normalized spacial score (nSPS) is 10.1. The minimum Gasteiger partial charge on any atom is -0.480 e. The zero-order valence-corrected chi connectivity index (χ0v) is 16.0. The highest BCUT2D eigenvalue weighted by Crippen LogP contribution is 2.22. The van der Waals surface area contributed by atoms with Gasteiger partial charge < -0.3 is 14.2 Å². The summed E-state index contributed by atoms with van der Waals surface area (Å²) in [5.41, 5.74) is 0.485. The third-order valence-corrected chi connectivity index (χ3v) is 4.09. The Hall–Kier alpha value is -2.65. The van der Waals surface area contributed by atoms with E-state index in [0.29, 0.717) is 21.6 Å². The Morgan fingerprint density at radius 3 is 2.67 bits per heavy atom. The van der Waals surface area contributed by atoms with Crippen molar-refractivity contribution in [3.63, 3.8) is 0 Å². The molecular weight excluding hydrogens is 396 g/mol. The molecule has 0 bridgehead atoms. The monoisotopic (exact) mass is 412 g/mol. The second-order valence-electron chi connectivity index (χ2n) is 5.05. The van der Waals surface area contributed by atoms with E-state index in [1.165, 1.54) is 0 Å². The number of hydrogen-bond acceptors (Lipinski definition) is 8. The molecule has 1 aromatic heterocycles. The van der Waals surface area contributed by atoms with Gasteiger partial charge in [-0.25, -0.2) is 9.78 Å². The maximum atomic E-state index is 11.8. The number of aromatic nitrogens is 1. The number of ether oxygens (including phenoxy) is 3. The summed E-state index contributed by atoms with van der Waals surface area (Å²) < 4.78 is 14.9. The molecule has 0 radical (unpaired) electrons. The molecule has 0 saturated carbocycles. The Balaban J connectivity index is 1.71. The van der Waals surface area contributed by atoms with Crippen molar-refractivity contribution in [1.29, 1.82) is 0 Å². The fourth-order valence-electron chi connectivity index (χ4n) is 1.85. The van der Waals surface area contributed by atoms with Crippen LogP contribution in [0.4, 0.5) is 5.13 Å². The lowest BCUT2D eigenvalue weighted by Crippen LogP contribution is -2.23. The largest absolute Gasteiger partial charge is 0.480 e. The molecule has 0 aliphatic carbocycles. The quantitative estimate of drug-likeness (QED) is 0.631. The number of esters is 2. The van der Waals surface area contributed by atoms with Crippen LogP contribution in [0.25, 0.3) is 0 Å². The molecule has 1 N–H and O–H groups in total. The van der Waals surface area contributed by atoms with E-state index in [1.54, 1.807) is 36.6 Å². The van der Waals surface area contributed by atoms with Crippen LogP contribution in [-0.2, 0) is 30.3 Å². The molecule has 0 fully saturated rings. The van der Waals surface area contributed by atoms with Gasteiger partial charge in [0.1, 0.15) is 5.75 Å². The molecular formula is C17H17ClN2O6S. The summed E-state index contributed by atoms with van der Waals surface area (Å²) in [7, 11) is 0. The number of halogens is 1. The molecule has 0 unspecified atom stereocenters. The Morgan fingerprint density at radius 2 is 1.93 bits per heavy atom. The van der Waals surface area contributed by atoms with Crippen LogP contribution in [0.2, 0.25) is 5.02 Å². The topological polar surface area (TPSA) is 104 Å². The number of thiazole rings is 1. The molecule has 0 aliphatic heterocycles. The maximum absolute atomic E-state index is 11.8. The summed E-state index contributed by atoms with van der Waals surface area (Å²) in [6.07, 6.45) is 0.0224. The molecule has 0 spiro atoms. The van der Waals surface area contributed by atoms with Crippen LogP contribution in [-0.4, -0.2) is 42.7 Å². The summed E-state index contributed by atoms with van der Waals surface area (Å²) in [6, 6.07) is 6.68. The highest BCUT2D eigenvalue weighted by atomic mass is 35.5. The van der Waals surface area contributed by atoms with Crippen LogP contribution in [0.5, 0.6) is 5.75 Å². The Kier molecular flexibility index (Phi) is 8.02. The Labute approximate surface area is 164 Å². The van der Waals surface area contributed by atoms with Gasteiger partial charge in [0, 0.05) is 5.38 Å². The summed E-state index contributed by atoms with van der Waals surface area (Å²) >= 11 is 7.05. The molecule has 2 rings (SSSR count). The van der Waals surface area contributed by atoms with Crippen LogP contribution in [0.1, 0.15) is 12.6 Å². The lowest BCUT2D eigenvalue weighted by atomic mass is 10.3. The first-order chi connectivity index (χ1) is 13.0. The van der Waals surface area contributed by atoms with E-state index in [0.717, 1.165) is 11.3 Å². The third-order valence-electron chi connectivity index (χ3n) is 2.98. The summed E-state index contributed by atoms with van der Waals surface area (Å²) in [4.78, 5) is 38.9.